The molecule has 0 unspecified atom stereocenters. The molecule has 136 valence electrons. The van der Waals surface area contributed by atoms with Gasteiger partial charge in [-0.3, -0.25) is 4.98 Å². The molecule has 1 atom stereocenters. The van der Waals surface area contributed by atoms with E-state index < -0.39 is 9.84 Å². The van der Waals surface area contributed by atoms with Gasteiger partial charge in [0.1, 0.15) is 11.3 Å². The van der Waals surface area contributed by atoms with E-state index in [-0.39, 0.29) is 9.79 Å². The summed E-state index contributed by atoms with van der Waals surface area (Å²) < 4.78 is 31.5. The van der Waals surface area contributed by atoms with E-state index in [9.17, 15) is 8.42 Å². The highest BCUT2D eigenvalue weighted by Gasteiger charge is 2.19. The number of hydrogen-bond donors (Lipinski definition) is 0. The molecule has 3 aromatic rings. The molecule has 26 heavy (non-hydrogen) atoms. The third kappa shape index (κ3) is 3.88. The molecule has 0 radical (unpaired) electrons. The minimum atomic E-state index is -3.58. The number of sulfone groups is 1. The molecule has 0 saturated carbocycles. The normalized spacial score (nSPS) is 12.8. The van der Waals surface area contributed by atoms with E-state index in [2.05, 4.69) is 18.8 Å². The number of pyridine rings is 1. The highest BCUT2D eigenvalue weighted by Crippen LogP contribution is 2.28. The van der Waals surface area contributed by atoms with Gasteiger partial charge in [-0.1, -0.05) is 50.6 Å². The third-order valence-electron chi connectivity index (χ3n) is 4.32. The van der Waals surface area contributed by atoms with Gasteiger partial charge in [0, 0.05) is 11.6 Å². The van der Waals surface area contributed by atoms with E-state index in [0.29, 0.717) is 23.8 Å². The molecule has 1 aromatic heterocycles. The standard InChI is InChI=1S/C21H23NO3S/c1-3-8-16(2)15-25-20-12-7-9-17-13-19(14-22-21(17)20)26(23,24)18-10-5-4-6-11-18/h4-7,9-14,16H,3,8,15H2,1-2H3/t16-/m0/s1. The number of benzene rings is 2. The van der Waals surface area contributed by atoms with Crippen molar-refractivity contribution in [2.75, 3.05) is 6.61 Å². The van der Waals surface area contributed by atoms with Gasteiger partial charge in [-0.25, -0.2) is 8.42 Å². The first-order valence-corrected chi connectivity index (χ1v) is 10.3. The van der Waals surface area contributed by atoms with Crippen LogP contribution in [0.2, 0.25) is 0 Å². The van der Waals surface area contributed by atoms with Gasteiger partial charge in [-0.05, 0) is 36.6 Å². The summed E-state index contributed by atoms with van der Waals surface area (Å²) in [6, 6.07) is 15.7. The van der Waals surface area contributed by atoms with Crippen molar-refractivity contribution in [3.05, 3.63) is 60.8 Å². The Morgan fingerprint density at radius 3 is 2.54 bits per heavy atom. The Balaban J connectivity index is 1.93. The lowest BCUT2D eigenvalue weighted by Crippen LogP contribution is -2.08. The van der Waals surface area contributed by atoms with Gasteiger partial charge in [-0.2, -0.15) is 0 Å². The predicted octanol–water partition coefficient (Wildman–Crippen LogP) is 4.88. The summed E-state index contributed by atoms with van der Waals surface area (Å²) in [5.74, 6) is 1.15. The van der Waals surface area contributed by atoms with Gasteiger partial charge in [-0.15, -0.1) is 0 Å². The van der Waals surface area contributed by atoms with Crippen molar-refractivity contribution in [1.82, 2.24) is 4.98 Å². The van der Waals surface area contributed by atoms with E-state index in [0.717, 1.165) is 18.2 Å². The van der Waals surface area contributed by atoms with Crippen molar-refractivity contribution in [3.63, 3.8) is 0 Å². The van der Waals surface area contributed by atoms with Gasteiger partial charge in [0.05, 0.1) is 16.4 Å². The zero-order valence-electron chi connectivity index (χ0n) is 15.1. The summed E-state index contributed by atoms with van der Waals surface area (Å²) in [6.07, 6.45) is 3.64. The van der Waals surface area contributed by atoms with Crippen LogP contribution in [0.3, 0.4) is 0 Å². The third-order valence-corrected chi connectivity index (χ3v) is 6.05. The van der Waals surface area contributed by atoms with Gasteiger partial charge in [0.25, 0.3) is 0 Å². The van der Waals surface area contributed by atoms with Crippen molar-refractivity contribution >= 4 is 20.7 Å². The first-order chi connectivity index (χ1) is 12.5. The molecule has 0 N–H and O–H groups in total. The summed E-state index contributed by atoms with van der Waals surface area (Å²) in [5, 5.41) is 0.752. The largest absolute Gasteiger partial charge is 0.491 e. The monoisotopic (exact) mass is 369 g/mol. The molecule has 0 spiro atoms. The second-order valence-corrected chi connectivity index (χ2v) is 8.47. The van der Waals surface area contributed by atoms with Crippen LogP contribution in [0, 0.1) is 5.92 Å². The quantitative estimate of drug-likeness (QED) is 0.595. The van der Waals surface area contributed by atoms with Crippen molar-refractivity contribution in [2.24, 2.45) is 5.92 Å². The van der Waals surface area contributed by atoms with Gasteiger partial charge in [0.2, 0.25) is 9.84 Å². The highest BCUT2D eigenvalue weighted by molar-refractivity contribution is 7.91. The molecule has 0 aliphatic rings. The number of hydrogen-bond acceptors (Lipinski definition) is 4. The first-order valence-electron chi connectivity index (χ1n) is 8.84. The van der Waals surface area contributed by atoms with Crippen molar-refractivity contribution in [1.29, 1.82) is 0 Å². The average molecular weight is 369 g/mol. The summed E-state index contributed by atoms with van der Waals surface area (Å²) in [4.78, 5) is 4.85. The smallest absolute Gasteiger partial charge is 0.208 e. The summed E-state index contributed by atoms with van der Waals surface area (Å²) >= 11 is 0. The molecular formula is C21H23NO3S. The fraction of sp³-hybridized carbons (Fsp3) is 0.286. The number of nitrogens with zero attached hydrogens (tertiary/aromatic N) is 1. The first kappa shape index (κ1) is 18.4. The number of ether oxygens (including phenoxy) is 1. The molecule has 0 fully saturated rings. The minimum absolute atomic E-state index is 0.188. The second kappa shape index (κ2) is 7.87. The van der Waals surface area contributed by atoms with Gasteiger partial charge in [0.15, 0.2) is 0 Å². The minimum Gasteiger partial charge on any atom is -0.491 e. The van der Waals surface area contributed by atoms with Crippen LogP contribution in [-0.4, -0.2) is 20.0 Å². The highest BCUT2D eigenvalue weighted by atomic mass is 32.2. The Hall–Kier alpha value is -2.40. The van der Waals surface area contributed by atoms with Crippen LogP contribution in [-0.2, 0) is 9.84 Å². The van der Waals surface area contributed by atoms with E-state index in [1.165, 1.54) is 6.20 Å². The molecule has 5 heteroatoms. The van der Waals surface area contributed by atoms with Crippen LogP contribution < -0.4 is 4.74 Å². The van der Waals surface area contributed by atoms with Crippen LogP contribution in [0.5, 0.6) is 5.75 Å². The van der Waals surface area contributed by atoms with E-state index >= 15 is 0 Å². The number of rotatable bonds is 7. The Morgan fingerprint density at radius 2 is 1.81 bits per heavy atom. The Morgan fingerprint density at radius 1 is 1.04 bits per heavy atom. The molecule has 0 saturated heterocycles. The Labute approximate surface area is 154 Å². The number of para-hydroxylation sites is 1. The van der Waals surface area contributed by atoms with E-state index in [4.69, 9.17) is 4.74 Å². The van der Waals surface area contributed by atoms with Gasteiger partial charge < -0.3 is 4.74 Å². The van der Waals surface area contributed by atoms with E-state index in [1.54, 1.807) is 36.4 Å². The van der Waals surface area contributed by atoms with E-state index in [1.807, 2.05) is 18.2 Å². The number of fused-ring (bicyclic) bond motifs is 1. The Kier molecular flexibility index (Phi) is 5.57. The topological polar surface area (TPSA) is 56.3 Å². The molecule has 0 aliphatic carbocycles. The second-order valence-electron chi connectivity index (χ2n) is 6.52. The maximum absolute atomic E-state index is 12.8. The summed E-state index contributed by atoms with van der Waals surface area (Å²) in [6.45, 7) is 4.94. The molecule has 3 rings (SSSR count). The Bertz CT molecular complexity index is 985. The molecule has 0 bridgehead atoms. The average Bonchev–Trinajstić information content (AvgIpc) is 2.66. The molecule has 0 amide bonds. The van der Waals surface area contributed by atoms with Crippen molar-refractivity contribution in [2.45, 2.75) is 36.5 Å². The summed E-state index contributed by atoms with van der Waals surface area (Å²) in [7, 11) is -3.58. The maximum atomic E-state index is 12.8. The fourth-order valence-electron chi connectivity index (χ4n) is 2.92. The van der Waals surface area contributed by atoms with Crippen LogP contribution >= 0.6 is 0 Å². The van der Waals surface area contributed by atoms with Crippen LogP contribution in [0.25, 0.3) is 10.9 Å². The molecule has 4 nitrogen and oxygen atoms in total. The predicted molar refractivity (Wildman–Crippen MR) is 103 cm³/mol. The lowest BCUT2D eigenvalue weighted by atomic mass is 10.1. The van der Waals surface area contributed by atoms with Crippen LogP contribution in [0.15, 0.2) is 70.6 Å². The van der Waals surface area contributed by atoms with Gasteiger partial charge >= 0.3 is 0 Å². The maximum Gasteiger partial charge on any atom is 0.208 e. The van der Waals surface area contributed by atoms with Crippen LogP contribution in [0.4, 0.5) is 0 Å². The SMILES string of the molecule is CCC[C@H](C)COc1cccc2cc(S(=O)(=O)c3ccccc3)cnc12. The zero-order valence-corrected chi connectivity index (χ0v) is 15.9. The lowest BCUT2D eigenvalue weighted by molar-refractivity contribution is 0.254. The number of aromatic nitrogens is 1. The molecular weight excluding hydrogens is 346 g/mol. The molecule has 1 heterocycles. The molecule has 0 aliphatic heterocycles. The van der Waals surface area contributed by atoms with Crippen LogP contribution in [0.1, 0.15) is 26.7 Å². The van der Waals surface area contributed by atoms with Crippen molar-refractivity contribution in [3.8, 4) is 5.75 Å². The van der Waals surface area contributed by atoms with Crippen molar-refractivity contribution < 1.29 is 13.2 Å². The lowest BCUT2D eigenvalue weighted by Gasteiger charge is -2.13. The summed E-state index contributed by atoms with van der Waals surface area (Å²) in [5.41, 5.74) is 0.684. The molecule has 2 aromatic carbocycles. The zero-order chi connectivity index (χ0) is 18.6. The fourth-order valence-corrected chi connectivity index (χ4v) is 4.18.